The maximum absolute atomic E-state index is 11.9. The normalized spacial score (nSPS) is 10.5. The highest BCUT2D eigenvalue weighted by Crippen LogP contribution is 2.32. The van der Waals surface area contributed by atoms with Crippen molar-refractivity contribution in [2.45, 2.75) is 5.03 Å². The largest absolute Gasteiger partial charge is 0.293 e. The number of rotatable bonds is 4. The molecule has 6 heteroatoms. The van der Waals surface area contributed by atoms with Gasteiger partial charge in [0.25, 0.3) is 0 Å². The lowest BCUT2D eigenvalue weighted by molar-refractivity contribution is 0.102. The molecule has 0 spiro atoms. The molecule has 0 unspecified atom stereocenters. The highest BCUT2D eigenvalue weighted by atomic mass is 35.5. The molecule has 0 amide bonds. The number of halogens is 2. The monoisotopic (exact) mass is 303 g/mol. The minimum absolute atomic E-state index is 0.0335. The molecule has 2 nitrogen and oxygen atoms in total. The van der Waals surface area contributed by atoms with Crippen LogP contribution in [0.25, 0.3) is 0 Å². The summed E-state index contributed by atoms with van der Waals surface area (Å²) in [4.78, 5) is 16.0. The summed E-state index contributed by atoms with van der Waals surface area (Å²) in [6.07, 6.45) is 1.70. The summed E-state index contributed by atoms with van der Waals surface area (Å²) < 4.78 is 0.975. The molecular weight excluding hydrogens is 297 g/mol. The van der Waals surface area contributed by atoms with Gasteiger partial charge in [0.05, 0.1) is 15.1 Å². The van der Waals surface area contributed by atoms with E-state index in [1.54, 1.807) is 12.3 Å². The Morgan fingerprint density at radius 2 is 2.24 bits per heavy atom. The van der Waals surface area contributed by atoms with Gasteiger partial charge in [0.2, 0.25) is 0 Å². The van der Waals surface area contributed by atoms with Crippen molar-refractivity contribution in [3.63, 3.8) is 0 Å². The molecule has 0 fully saturated rings. The molecule has 0 radical (unpaired) electrons. The van der Waals surface area contributed by atoms with Gasteiger partial charge in [-0.05, 0) is 18.2 Å². The zero-order valence-electron chi connectivity index (χ0n) is 8.52. The Labute approximate surface area is 117 Å². The minimum Gasteiger partial charge on any atom is -0.293 e. The van der Waals surface area contributed by atoms with Crippen molar-refractivity contribution < 1.29 is 4.79 Å². The smallest absolute Gasteiger partial charge is 0.175 e. The van der Waals surface area contributed by atoms with Gasteiger partial charge in [0.15, 0.2) is 5.78 Å². The van der Waals surface area contributed by atoms with E-state index in [1.165, 1.54) is 23.1 Å². The molecule has 2 aromatic rings. The molecule has 0 bridgehead atoms. The fraction of sp³-hybridized carbons (Fsp3) is 0.0909. The molecule has 2 aromatic heterocycles. The molecule has 0 aliphatic rings. The summed E-state index contributed by atoms with van der Waals surface area (Å²) in [5.74, 6) is 0.276. The van der Waals surface area contributed by atoms with Gasteiger partial charge in [-0.15, -0.1) is 11.3 Å². The van der Waals surface area contributed by atoms with E-state index in [4.69, 9.17) is 23.2 Å². The van der Waals surface area contributed by atoms with Crippen LogP contribution in [-0.4, -0.2) is 16.5 Å². The molecule has 0 N–H and O–H groups in total. The van der Waals surface area contributed by atoms with Crippen molar-refractivity contribution in [1.82, 2.24) is 4.98 Å². The average molecular weight is 304 g/mol. The van der Waals surface area contributed by atoms with Crippen LogP contribution in [0.5, 0.6) is 0 Å². The summed E-state index contributed by atoms with van der Waals surface area (Å²) in [5.41, 5.74) is 0.491. The van der Waals surface area contributed by atoms with Crippen molar-refractivity contribution in [2.24, 2.45) is 0 Å². The summed E-state index contributed by atoms with van der Waals surface area (Å²) in [7, 11) is 0. The Bertz CT molecular complexity index is 528. The van der Waals surface area contributed by atoms with Gasteiger partial charge < -0.3 is 0 Å². The van der Waals surface area contributed by atoms with Crippen LogP contribution >= 0.6 is 46.3 Å². The van der Waals surface area contributed by atoms with Crippen LogP contribution in [0.15, 0.2) is 35.5 Å². The number of nitrogens with zero attached hydrogens (tertiary/aromatic N) is 1. The van der Waals surface area contributed by atoms with E-state index in [0.717, 1.165) is 5.03 Å². The topological polar surface area (TPSA) is 30.0 Å². The van der Waals surface area contributed by atoms with Crippen molar-refractivity contribution in [1.29, 1.82) is 0 Å². The van der Waals surface area contributed by atoms with Gasteiger partial charge in [-0.25, -0.2) is 4.98 Å². The van der Waals surface area contributed by atoms with Gasteiger partial charge in [0, 0.05) is 11.8 Å². The molecule has 0 aliphatic carbocycles. The lowest BCUT2D eigenvalue weighted by atomic mass is 10.2. The lowest BCUT2D eigenvalue weighted by Gasteiger charge is -1.99. The predicted molar refractivity (Wildman–Crippen MR) is 73.6 cm³/mol. The van der Waals surface area contributed by atoms with E-state index in [9.17, 15) is 4.79 Å². The van der Waals surface area contributed by atoms with Crippen LogP contribution in [0.4, 0.5) is 0 Å². The van der Waals surface area contributed by atoms with E-state index in [1.807, 2.05) is 18.2 Å². The van der Waals surface area contributed by atoms with Crippen molar-refractivity contribution in [2.75, 3.05) is 5.75 Å². The van der Waals surface area contributed by atoms with Gasteiger partial charge in [-0.3, -0.25) is 4.79 Å². The Kier molecular flexibility index (Phi) is 4.45. The molecule has 0 atom stereocenters. The van der Waals surface area contributed by atoms with Crippen LogP contribution < -0.4 is 0 Å². The fourth-order valence-electron chi connectivity index (χ4n) is 1.18. The van der Waals surface area contributed by atoms with Crippen LogP contribution in [-0.2, 0) is 0 Å². The standard InChI is InChI=1S/C11H7Cl2NOS2/c12-9-5-7(11(13)17-9)8(15)6-16-10-3-1-2-4-14-10/h1-5H,6H2. The number of Topliss-reactive ketones (excluding diaryl/α,β-unsaturated/α-hetero) is 1. The Hall–Kier alpha value is -0.550. The maximum Gasteiger partial charge on any atom is 0.175 e. The maximum atomic E-state index is 11.9. The third kappa shape index (κ3) is 3.45. The SMILES string of the molecule is O=C(CSc1ccccn1)c1cc(Cl)sc1Cl. The van der Waals surface area contributed by atoms with Crippen LogP contribution in [0.1, 0.15) is 10.4 Å². The number of carbonyl (C=O) groups excluding carboxylic acids is 1. The Morgan fingerprint density at radius 3 is 2.82 bits per heavy atom. The summed E-state index contributed by atoms with van der Waals surface area (Å²) >= 11 is 14.3. The molecule has 0 aliphatic heterocycles. The van der Waals surface area contributed by atoms with E-state index < -0.39 is 0 Å². The molecule has 0 saturated carbocycles. The molecule has 2 rings (SSSR count). The van der Waals surface area contributed by atoms with Crippen LogP contribution in [0.3, 0.4) is 0 Å². The van der Waals surface area contributed by atoms with Crippen LogP contribution in [0, 0.1) is 0 Å². The molecule has 0 saturated heterocycles. The number of thiophene rings is 1. The number of pyridine rings is 1. The summed E-state index contributed by atoms with van der Waals surface area (Å²) in [6.45, 7) is 0. The second kappa shape index (κ2) is 5.87. The van der Waals surface area contributed by atoms with E-state index in [0.29, 0.717) is 20.0 Å². The third-order valence-electron chi connectivity index (χ3n) is 1.95. The highest BCUT2D eigenvalue weighted by Gasteiger charge is 2.14. The molecule has 2 heterocycles. The first kappa shape index (κ1) is 12.9. The fourth-order valence-corrected chi connectivity index (χ4v) is 3.42. The molecule has 17 heavy (non-hydrogen) atoms. The quantitative estimate of drug-likeness (QED) is 0.618. The predicted octanol–water partition coefficient (Wildman–Crippen LogP) is 4.42. The molecule has 0 aromatic carbocycles. The van der Waals surface area contributed by atoms with E-state index in [2.05, 4.69) is 4.98 Å². The Balaban J connectivity index is 2.01. The number of hydrogen-bond donors (Lipinski definition) is 0. The van der Waals surface area contributed by atoms with Gasteiger partial charge in [0.1, 0.15) is 4.34 Å². The van der Waals surface area contributed by atoms with Gasteiger partial charge >= 0.3 is 0 Å². The Morgan fingerprint density at radius 1 is 1.41 bits per heavy atom. The highest BCUT2D eigenvalue weighted by molar-refractivity contribution is 7.99. The zero-order chi connectivity index (χ0) is 12.3. The number of carbonyl (C=O) groups is 1. The summed E-state index contributed by atoms with van der Waals surface area (Å²) in [5, 5.41) is 0.818. The first-order valence-corrected chi connectivity index (χ1v) is 7.24. The van der Waals surface area contributed by atoms with E-state index >= 15 is 0 Å². The zero-order valence-corrected chi connectivity index (χ0v) is 11.7. The number of aromatic nitrogens is 1. The molecular formula is C11H7Cl2NOS2. The third-order valence-corrected chi connectivity index (χ3v) is 4.38. The second-order valence-corrected chi connectivity index (χ2v) is 6.40. The van der Waals surface area contributed by atoms with E-state index in [-0.39, 0.29) is 5.78 Å². The van der Waals surface area contributed by atoms with Crippen molar-refractivity contribution >= 4 is 52.1 Å². The van der Waals surface area contributed by atoms with Crippen molar-refractivity contribution in [3.8, 4) is 0 Å². The lowest BCUT2D eigenvalue weighted by Crippen LogP contribution is -2.01. The molecule has 88 valence electrons. The number of thioether (sulfide) groups is 1. The van der Waals surface area contributed by atoms with Gasteiger partial charge in [-0.1, -0.05) is 41.0 Å². The van der Waals surface area contributed by atoms with Crippen LogP contribution in [0.2, 0.25) is 8.67 Å². The van der Waals surface area contributed by atoms with Crippen molar-refractivity contribution in [3.05, 3.63) is 44.7 Å². The average Bonchev–Trinajstić information content (AvgIpc) is 2.67. The number of ketones is 1. The summed E-state index contributed by atoms with van der Waals surface area (Å²) in [6, 6.07) is 7.19. The minimum atomic E-state index is -0.0335. The first-order valence-electron chi connectivity index (χ1n) is 4.68. The number of hydrogen-bond acceptors (Lipinski definition) is 4. The second-order valence-electron chi connectivity index (χ2n) is 3.12. The van der Waals surface area contributed by atoms with Gasteiger partial charge in [-0.2, -0.15) is 0 Å². The first-order chi connectivity index (χ1) is 8.16.